The molecule has 106 valence electrons. The van der Waals surface area contributed by atoms with E-state index < -0.39 is 0 Å². The van der Waals surface area contributed by atoms with Gasteiger partial charge in [0.05, 0.1) is 5.39 Å². The van der Waals surface area contributed by atoms with E-state index >= 15 is 0 Å². The summed E-state index contributed by atoms with van der Waals surface area (Å²) in [7, 11) is 0. The van der Waals surface area contributed by atoms with Gasteiger partial charge in [-0.05, 0) is 54.6 Å². The molecular formula is C15H11BrClN3S. The fourth-order valence-electron chi connectivity index (χ4n) is 2.76. The first-order valence-electron chi connectivity index (χ1n) is 6.71. The molecule has 3 aromatic rings. The van der Waals surface area contributed by atoms with Crippen molar-refractivity contribution in [2.75, 3.05) is 5.32 Å². The molecule has 0 unspecified atom stereocenters. The molecule has 2 heterocycles. The number of hydrogen-bond acceptors (Lipinski definition) is 4. The second-order valence-corrected chi connectivity index (χ2v) is 7.35. The maximum absolute atomic E-state index is 6.08. The minimum atomic E-state index is 0.292. The van der Waals surface area contributed by atoms with Crippen molar-refractivity contribution in [2.45, 2.75) is 19.3 Å². The van der Waals surface area contributed by atoms with Gasteiger partial charge in [0, 0.05) is 15.0 Å². The summed E-state index contributed by atoms with van der Waals surface area (Å²) in [6, 6.07) is 8.02. The molecule has 3 nitrogen and oxygen atoms in total. The molecule has 6 heteroatoms. The number of nitrogens with one attached hydrogen (secondary N) is 1. The molecular weight excluding hydrogens is 370 g/mol. The van der Waals surface area contributed by atoms with Crippen molar-refractivity contribution in [3.8, 4) is 0 Å². The van der Waals surface area contributed by atoms with Crippen molar-refractivity contribution in [3.63, 3.8) is 0 Å². The first-order chi connectivity index (χ1) is 10.2. The Hall–Kier alpha value is -1.17. The Morgan fingerprint density at radius 1 is 1.24 bits per heavy atom. The van der Waals surface area contributed by atoms with Crippen LogP contribution in [0.5, 0.6) is 0 Å². The van der Waals surface area contributed by atoms with Gasteiger partial charge in [0.15, 0.2) is 0 Å². The highest BCUT2D eigenvalue weighted by Gasteiger charge is 2.22. The topological polar surface area (TPSA) is 37.8 Å². The lowest BCUT2D eigenvalue weighted by atomic mass is 10.2. The monoisotopic (exact) mass is 379 g/mol. The molecule has 1 aromatic carbocycles. The predicted octanol–water partition coefficient (Wildman–Crippen LogP) is 5.34. The third-order valence-corrected chi connectivity index (χ3v) is 5.47. The van der Waals surface area contributed by atoms with Gasteiger partial charge in [-0.25, -0.2) is 4.98 Å². The van der Waals surface area contributed by atoms with Crippen molar-refractivity contribution in [1.29, 1.82) is 0 Å². The fraction of sp³-hybridized carbons (Fsp3) is 0.200. The Balaban J connectivity index is 1.87. The van der Waals surface area contributed by atoms with Crippen LogP contribution in [-0.4, -0.2) is 9.97 Å². The van der Waals surface area contributed by atoms with Gasteiger partial charge in [-0.2, -0.15) is 4.98 Å². The van der Waals surface area contributed by atoms with Crippen LogP contribution in [0.1, 0.15) is 16.9 Å². The van der Waals surface area contributed by atoms with Gasteiger partial charge < -0.3 is 5.32 Å². The smallest absolute Gasteiger partial charge is 0.225 e. The number of benzene rings is 1. The number of aryl methyl sites for hydroxylation is 2. The Morgan fingerprint density at radius 2 is 2.14 bits per heavy atom. The average Bonchev–Trinajstić information content (AvgIpc) is 2.98. The van der Waals surface area contributed by atoms with Crippen molar-refractivity contribution in [1.82, 2.24) is 9.97 Å². The summed E-state index contributed by atoms with van der Waals surface area (Å²) in [5, 5.41) is 4.81. The number of nitrogens with zero attached hydrogens (tertiary/aromatic N) is 2. The van der Waals surface area contributed by atoms with E-state index in [9.17, 15) is 0 Å². The van der Waals surface area contributed by atoms with Gasteiger partial charge in [-0.1, -0.05) is 22.0 Å². The number of hydrogen-bond donors (Lipinski definition) is 1. The minimum Gasteiger partial charge on any atom is -0.340 e. The summed E-state index contributed by atoms with van der Waals surface area (Å²) in [5.41, 5.74) is 2.38. The van der Waals surface area contributed by atoms with E-state index in [1.807, 2.05) is 24.3 Å². The van der Waals surface area contributed by atoms with Crippen molar-refractivity contribution in [3.05, 3.63) is 44.5 Å². The van der Waals surface area contributed by atoms with Gasteiger partial charge in [0.1, 0.15) is 10.6 Å². The summed E-state index contributed by atoms with van der Waals surface area (Å²) >= 11 is 11.3. The van der Waals surface area contributed by atoms with Crippen LogP contribution >= 0.6 is 38.9 Å². The molecule has 0 amide bonds. The van der Waals surface area contributed by atoms with E-state index in [0.29, 0.717) is 5.28 Å². The Morgan fingerprint density at radius 3 is 3.00 bits per heavy atom. The van der Waals surface area contributed by atoms with E-state index in [1.54, 1.807) is 11.3 Å². The number of fused-ring (bicyclic) bond motifs is 3. The van der Waals surface area contributed by atoms with Gasteiger partial charge >= 0.3 is 0 Å². The maximum Gasteiger partial charge on any atom is 0.225 e. The summed E-state index contributed by atoms with van der Waals surface area (Å²) in [6.45, 7) is 0. The van der Waals surface area contributed by atoms with Crippen LogP contribution in [-0.2, 0) is 12.8 Å². The lowest BCUT2D eigenvalue weighted by Crippen LogP contribution is -1.97. The summed E-state index contributed by atoms with van der Waals surface area (Å²) < 4.78 is 1.03. The van der Waals surface area contributed by atoms with Crippen LogP contribution in [0, 0.1) is 0 Å². The summed E-state index contributed by atoms with van der Waals surface area (Å²) in [4.78, 5) is 11.2. The van der Waals surface area contributed by atoms with Crippen molar-refractivity contribution in [2.24, 2.45) is 0 Å². The van der Waals surface area contributed by atoms with Gasteiger partial charge in [0.25, 0.3) is 0 Å². The maximum atomic E-state index is 6.08. The van der Waals surface area contributed by atoms with Gasteiger partial charge in [-0.3, -0.25) is 0 Å². The highest BCUT2D eigenvalue weighted by molar-refractivity contribution is 9.10. The lowest BCUT2D eigenvalue weighted by molar-refractivity contribution is 0.917. The Kier molecular flexibility index (Phi) is 3.36. The largest absolute Gasteiger partial charge is 0.340 e. The molecule has 4 rings (SSSR count). The van der Waals surface area contributed by atoms with Crippen molar-refractivity contribution >= 4 is 60.6 Å². The highest BCUT2D eigenvalue weighted by Crippen LogP contribution is 2.40. The van der Waals surface area contributed by atoms with Crippen LogP contribution in [0.15, 0.2) is 28.7 Å². The average molecular weight is 381 g/mol. The molecule has 21 heavy (non-hydrogen) atoms. The van der Waals surface area contributed by atoms with E-state index in [1.165, 1.54) is 16.9 Å². The molecule has 1 aliphatic carbocycles. The predicted molar refractivity (Wildman–Crippen MR) is 91.9 cm³/mol. The van der Waals surface area contributed by atoms with E-state index in [4.69, 9.17) is 11.6 Å². The molecule has 0 fully saturated rings. The third kappa shape index (κ3) is 2.43. The third-order valence-electron chi connectivity index (χ3n) is 3.62. The van der Waals surface area contributed by atoms with Crippen molar-refractivity contribution < 1.29 is 0 Å². The standard InChI is InChI=1S/C15H11BrClN3S/c16-8-3-1-4-9(7-8)18-13-12-10-5-2-6-11(10)21-14(12)20-15(17)19-13/h1,3-4,7H,2,5-6H2,(H,18,19,20). The Labute approximate surface area is 139 Å². The summed E-state index contributed by atoms with van der Waals surface area (Å²) in [6.07, 6.45) is 3.47. The van der Waals surface area contributed by atoms with Crippen LogP contribution in [0.25, 0.3) is 10.2 Å². The SMILES string of the molecule is Clc1nc(Nc2cccc(Br)c2)c2c3c(sc2n1)CCC3. The molecule has 0 radical (unpaired) electrons. The molecule has 0 bridgehead atoms. The van der Waals surface area contributed by atoms with Gasteiger partial charge in [-0.15, -0.1) is 11.3 Å². The molecule has 0 saturated carbocycles. The first kappa shape index (κ1) is 13.5. The molecule has 0 aliphatic heterocycles. The van der Waals surface area contributed by atoms with E-state index in [2.05, 4.69) is 31.2 Å². The Bertz CT molecular complexity index is 846. The first-order valence-corrected chi connectivity index (χ1v) is 8.70. The van der Waals surface area contributed by atoms with E-state index in [0.717, 1.165) is 39.0 Å². The zero-order valence-corrected chi connectivity index (χ0v) is 14.1. The van der Waals surface area contributed by atoms with E-state index in [-0.39, 0.29) is 0 Å². The second kappa shape index (κ2) is 5.23. The molecule has 0 saturated heterocycles. The zero-order chi connectivity index (χ0) is 14.4. The lowest BCUT2D eigenvalue weighted by Gasteiger charge is -2.08. The number of rotatable bonds is 2. The number of halogens is 2. The molecule has 2 aromatic heterocycles. The number of thiophene rings is 1. The fourth-order valence-corrected chi connectivity index (χ4v) is 4.64. The van der Waals surface area contributed by atoms with Crippen LogP contribution < -0.4 is 5.32 Å². The quantitative estimate of drug-likeness (QED) is 0.610. The van der Waals surface area contributed by atoms with Crippen LogP contribution in [0.2, 0.25) is 5.28 Å². The molecule has 0 spiro atoms. The normalized spacial score (nSPS) is 13.6. The van der Waals surface area contributed by atoms with Crippen LogP contribution in [0.4, 0.5) is 11.5 Å². The second-order valence-electron chi connectivity index (χ2n) is 5.01. The number of aromatic nitrogens is 2. The molecule has 1 aliphatic rings. The highest BCUT2D eigenvalue weighted by atomic mass is 79.9. The number of anilines is 2. The zero-order valence-electron chi connectivity index (χ0n) is 11.0. The van der Waals surface area contributed by atoms with Crippen LogP contribution in [0.3, 0.4) is 0 Å². The molecule has 0 atom stereocenters. The molecule has 1 N–H and O–H groups in total. The summed E-state index contributed by atoms with van der Waals surface area (Å²) in [5.74, 6) is 0.808. The van der Waals surface area contributed by atoms with Gasteiger partial charge in [0.2, 0.25) is 5.28 Å². The minimum absolute atomic E-state index is 0.292.